The fourth-order valence-corrected chi connectivity index (χ4v) is 1.61. The van der Waals surface area contributed by atoms with E-state index in [1.807, 2.05) is 18.2 Å². The van der Waals surface area contributed by atoms with Gasteiger partial charge in [0.05, 0.1) is 0 Å². The van der Waals surface area contributed by atoms with E-state index in [9.17, 15) is 0 Å². The summed E-state index contributed by atoms with van der Waals surface area (Å²) in [6, 6.07) is 5.63. The van der Waals surface area contributed by atoms with E-state index in [2.05, 4.69) is 9.97 Å². The Morgan fingerprint density at radius 2 is 1.93 bits per heavy atom. The number of benzene rings is 1. The van der Waals surface area contributed by atoms with Crippen LogP contribution in [-0.4, -0.2) is 9.97 Å². The van der Waals surface area contributed by atoms with Crippen LogP contribution in [0.5, 0.6) is 0 Å². The zero-order chi connectivity index (χ0) is 10.7. The molecule has 0 aliphatic heterocycles. The fourth-order valence-electron chi connectivity index (χ4n) is 1.43. The third kappa shape index (κ3) is 2.14. The van der Waals surface area contributed by atoms with E-state index in [0.29, 0.717) is 11.6 Å². The van der Waals surface area contributed by atoms with Crippen molar-refractivity contribution in [2.24, 2.45) is 5.73 Å². The zero-order valence-corrected chi connectivity index (χ0v) is 8.78. The van der Waals surface area contributed by atoms with Crippen molar-refractivity contribution in [3.63, 3.8) is 0 Å². The molecule has 0 amide bonds. The number of halogens is 1. The smallest absolute Gasteiger partial charge is 0.115 e. The first-order valence-corrected chi connectivity index (χ1v) is 4.93. The Bertz CT molecular complexity index is 457. The lowest BCUT2D eigenvalue weighted by molar-refractivity contribution is 1.07. The quantitative estimate of drug-likeness (QED) is 0.843. The van der Waals surface area contributed by atoms with Gasteiger partial charge in [0.25, 0.3) is 0 Å². The van der Waals surface area contributed by atoms with Gasteiger partial charge in [-0.15, -0.1) is 0 Å². The molecule has 0 aliphatic rings. The van der Waals surface area contributed by atoms with Crippen molar-refractivity contribution in [1.29, 1.82) is 0 Å². The molecule has 2 aromatic rings. The monoisotopic (exact) mass is 219 g/mol. The van der Waals surface area contributed by atoms with Crippen molar-refractivity contribution in [2.45, 2.75) is 6.54 Å². The number of nitrogens with two attached hydrogens (primary N) is 1. The Morgan fingerprint density at radius 3 is 2.60 bits per heavy atom. The highest BCUT2D eigenvalue weighted by Gasteiger charge is 2.04. The van der Waals surface area contributed by atoms with E-state index in [-0.39, 0.29) is 0 Å². The molecule has 0 radical (unpaired) electrons. The summed E-state index contributed by atoms with van der Waals surface area (Å²) in [5.74, 6) is 0. The van der Waals surface area contributed by atoms with Crippen LogP contribution in [0.25, 0.3) is 11.1 Å². The van der Waals surface area contributed by atoms with Gasteiger partial charge in [0, 0.05) is 29.5 Å². The number of hydrogen-bond acceptors (Lipinski definition) is 3. The van der Waals surface area contributed by atoms with E-state index in [0.717, 1.165) is 16.7 Å². The van der Waals surface area contributed by atoms with E-state index in [1.54, 1.807) is 12.4 Å². The minimum Gasteiger partial charge on any atom is -0.326 e. The molecule has 15 heavy (non-hydrogen) atoms. The average molecular weight is 220 g/mol. The Hall–Kier alpha value is -1.45. The van der Waals surface area contributed by atoms with Crippen LogP contribution in [0, 0.1) is 0 Å². The van der Waals surface area contributed by atoms with Crippen molar-refractivity contribution in [2.75, 3.05) is 0 Å². The van der Waals surface area contributed by atoms with Gasteiger partial charge in [-0.1, -0.05) is 17.7 Å². The average Bonchev–Trinajstić information content (AvgIpc) is 2.30. The van der Waals surface area contributed by atoms with Crippen LogP contribution in [0.15, 0.2) is 36.9 Å². The van der Waals surface area contributed by atoms with Crippen LogP contribution in [0.2, 0.25) is 5.02 Å². The summed E-state index contributed by atoms with van der Waals surface area (Å²) >= 11 is 5.94. The van der Waals surface area contributed by atoms with Crippen molar-refractivity contribution in [3.8, 4) is 11.1 Å². The maximum atomic E-state index is 5.94. The predicted octanol–water partition coefficient (Wildman–Crippen LogP) is 2.26. The molecule has 1 aromatic carbocycles. The Balaban J connectivity index is 2.56. The lowest BCUT2D eigenvalue weighted by Gasteiger charge is -2.07. The standard InChI is InChI=1S/C11H10ClN3/c12-10-2-1-8(4-13)11(3-10)9-5-14-7-15-6-9/h1-3,5-7H,4,13H2. The molecule has 3 nitrogen and oxygen atoms in total. The van der Waals surface area contributed by atoms with Gasteiger partial charge in [0.1, 0.15) is 6.33 Å². The van der Waals surface area contributed by atoms with Crippen molar-refractivity contribution in [1.82, 2.24) is 9.97 Å². The van der Waals surface area contributed by atoms with Gasteiger partial charge < -0.3 is 5.73 Å². The second kappa shape index (κ2) is 4.38. The van der Waals surface area contributed by atoms with E-state index in [4.69, 9.17) is 17.3 Å². The van der Waals surface area contributed by atoms with Crippen LogP contribution < -0.4 is 5.73 Å². The molecule has 0 spiro atoms. The van der Waals surface area contributed by atoms with Gasteiger partial charge in [-0.05, 0) is 23.3 Å². The van der Waals surface area contributed by atoms with Gasteiger partial charge in [-0.2, -0.15) is 0 Å². The van der Waals surface area contributed by atoms with Crippen LogP contribution in [0.3, 0.4) is 0 Å². The number of rotatable bonds is 2. The molecule has 0 fully saturated rings. The summed E-state index contributed by atoms with van der Waals surface area (Å²) in [6.07, 6.45) is 4.99. The highest BCUT2D eigenvalue weighted by atomic mass is 35.5. The second-order valence-electron chi connectivity index (χ2n) is 3.13. The zero-order valence-electron chi connectivity index (χ0n) is 8.02. The van der Waals surface area contributed by atoms with Crippen LogP contribution >= 0.6 is 11.6 Å². The summed E-state index contributed by atoms with van der Waals surface area (Å²) in [6.45, 7) is 0.474. The molecule has 2 N–H and O–H groups in total. The molecule has 0 unspecified atom stereocenters. The molecule has 76 valence electrons. The van der Waals surface area contributed by atoms with Crippen molar-refractivity contribution < 1.29 is 0 Å². The van der Waals surface area contributed by atoms with Gasteiger partial charge in [0.15, 0.2) is 0 Å². The van der Waals surface area contributed by atoms with Gasteiger partial charge >= 0.3 is 0 Å². The van der Waals surface area contributed by atoms with Crippen LogP contribution in [0.4, 0.5) is 0 Å². The lowest BCUT2D eigenvalue weighted by atomic mass is 10.0. The lowest BCUT2D eigenvalue weighted by Crippen LogP contribution is -1.99. The molecular weight excluding hydrogens is 210 g/mol. The third-order valence-electron chi connectivity index (χ3n) is 2.16. The number of nitrogens with zero attached hydrogens (tertiary/aromatic N) is 2. The summed E-state index contributed by atoms with van der Waals surface area (Å²) in [5.41, 5.74) is 8.61. The summed E-state index contributed by atoms with van der Waals surface area (Å²) in [7, 11) is 0. The Labute approximate surface area is 92.9 Å². The van der Waals surface area contributed by atoms with Crippen molar-refractivity contribution >= 4 is 11.6 Å². The van der Waals surface area contributed by atoms with E-state index in [1.165, 1.54) is 6.33 Å². The normalized spacial score (nSPS) is 10.3. The molecule has 2 rings (SSSR count). The molecule has 4 heteroatoms. The van der Waals surface area contributed by atoms with Gasteiger partial charge in [-0.3, -0.25) is 0 Å². The number of aromatic nitrogens is 2. The minimum absolute atomic E-state index is 0.474. The van der Waals surface area contributed by atoms with Gasteiger partial charge in [-0.25, -0.2) is 9.97 Å². The molecule has 1 heterocycles. The highest BCUT2D eigenvalue weighted by Crippen LogP contribution is 2.25. The molecule has 0 bridgehead atoms. The third-order valence-corrected chi connectivity index (χ3v) is 2.40. The maximum absolute atomic E-state index is 5.94. The Kier molecular flexibility index (Phi) is 2.94. The van der Waals surface area contributed by atoms with Crippen molar-refractivity contribution in [3.05, 3.63) is 47.5 Å². The van der Waals surface area contributed by atoms with Crippen LogP contribution in [-0.2, 0) is 6.54 Å². The largest absolute Gasteiger partial charge is 0.326 e. The molecule has 0 saturated carbocycles. The molecule has 1 aromatic heterocycles. The highest BCUT2D eigenvalue weighted by molar-refractivity contribution is 6.30. The molecule has 0 saturated heterocycles. The maximum Gasteiger partial charge on any atom is 0.115 e. The van der Waals surface area contributed by atoms with Gasteiger partial charge in [0.2, 0.25) is 0 Å². The molecule has 0 aliphatic carbocycles. The fraction of sp³-hybridized carbons (Fsp3) is 0.0909. The SMILES string of the molecule is NCc1ccc(Cl)cc1-c1cncnc1. The van der Waals surface area contributed by atoms with E-state index < -0.39 is 0 Å². The molecule has 0 atom stereocenters. The Morgan fingerprint density at radius 1 is 1.20 bits per heavy atom. The first-order chi connectivity index (χ1) is 7.31. The summed E-state index contributed by atoms with van der Waals surface area (Å²) < 4.78 is 0. The topological polar surface area (TPSA) is 51.8 Å². The number of hydrogen-bond donors (Lipinski definition) is 1. The minimum atomic E-state index is 0.474. The second-order valence-corrected chi connectivity index (χ2v) is 3.57. The summed E-state index contributed by atoms with van der Waals surface area (Å²) in [4.78, 5) is 7.94. The predicted molar refractivity (Wildman–Crippen MR) is 60.4 cm³/mol. The molecular formula is C11H10ClN3. The first kappa shape index (κ1) is 10.1. The van der Waals surface area contributed by atoms with Crippen LogP contribution in [0.1, 0.15) is 5.56 Å². The summed E-state index contributed by atoms with van der Waals surface area (Å²) in [5, 5.41) is 0.686. The first-order valence-electron chi connectivity index (χ1n) is 4.55. The van der Waals surface area contributed by atoms with E-state index >= 15 is 0 Å².